The number of amides is 2. The fourth-order valence-corrected chi connectivity index (χ4v) is 6.33. The fourth-order valence-electron chi connectivity index (χ4n) is 5.28. The van der Waals surface area contributed by atoms with Crippen LogP contribution in [0.5, 0.6) is 5.75 Å². The Hall–Kier alpha value is -4.35. The Morgan fingerprint density at radius 3 is 2.40 bits per heavy atom. The van der Waals surface area contributed by atoms with Crippen molar-refractivity contribution in [1.82, 2.24) is 10.6 Å². The van der Waals surface area contributed by atoms with Crippen LogP contribution in [0.1, 0.15) is 48.0 Å². The number of aliphatic hydroxyl groups excluding tert-OH is 1. The van der Waals surface area contributed by atoms with Crippen molar-refractivity contribution in [3.63, 3.8) is 0 Å². The maximum Gasteiger partial charge on any atom is 0.325 e. The van der Waals surface area contributed by atoms with E-state index in [0.717, 1.165) is 44.0 Å². The highest BCUT2D eigenvalue weighted by atomic mass is 32.2. The third-order valence-electron chi connectivity index (χ3n) is 7.68. The van der Waals surface area contributed by atoms with Gasteiger partial charge in [-0.3, -0.25) is 4.79 Å². The maximum atomic E-state index is 12.2. The minimum atomic E-state index is -0.595. The van der Waals surface area contributed by atoms with Crippen molar-refractivity contribution in [3.05, 3.63) is 119 Å². The van der Waals surface area contributed by atoms with Crippen LogP contribution in [0.25, 0.3) is 11.1 Å². The van der Waals surface area contributed by atoms with E-state index in [-0.39, 0.29) is 32.0 Å². The molecule has 4 aromatic rings. The van der Waals surface area contributed by atoms with Crippen molar-refractivity contribution in [2.45, 2.75) is 49.9 Å². The van der Waals surface area contributed by atoms with Gasteiger partial charge in [-0.2, -0.15) is 0 Å². The number of para-hydroxylation sites is 1. The number of esters is 1. The van der Waals surface area contributed by atoms with Crippen LogP contribution in [0.3, 0.4) is 0 Å². The number of hydrogen-bond donors (Lipinski definition) is 3. The quantitative estimate of drug-likeness (QED) is 0.110. The molecule has 1 saturated heterocycles. The van der Waals surface area contributed by atoms with Gasteiger partial charge in [0.05, 0.1) is 32.5 Å². The third-order valence-corrected chi connectivity index (χ3v) is 8.87. The van der Waals surface area contributed by atoms with Gasteiger partial charge in [0, 0.05) is 29.2 Å². The van der Waals surface area contributed by atoms with E-state index in [1.54, 1.807) is 25.8 Å². The van der Waals surface area contributed by atoms with Crippen molar-refractivity contribution >= 4 is 23.8 Å². The van der Waals surface area contributed by atoms with Crippen molar-refractivity contribution in [1.29, 1.82) is 0 Å². The van der Waals surface area contributed by atoms with E-state index in [4.69, 9.17) is 18.9 Å². The topological polar surface area (TPSA) is 115 Å². The lowest BCUT2D eigenvalue weighted by molar-refractivity contribution is -0.245. The van der Waals surface area contributed by atoms with Crippen LogP contribution in [0.4, 0.5) is 4.79 Å². The number of rotatable bonds is 13. The molecule has 3 N–H and O–H groups in total. The second-order valence-electron chi connectivity index (χ2n) is 11.0. The van der Waals surface area contributed by atoms with Crippen LogP contribution < -0.4 is 15.4 Å². The van der Waals surface area contributed by atoms with Crippen LogP contribution in [0, 0.1) is 0 Å². The summed E-state index contributed by atoms with van der Waals surface area (Å²) >= 11 is 1.70. The lowest BCUT2D eigenvalue weighted by atomic mass is 9.99. The van der Waals surface area contributed by atoms with Gasteiger partial charge in [-0.05, 0) is 59.0 Å². The molecule has 0 bridgehead atoms. The first-order valence-corrected chi connectivity index (χ1v) is 16.6. The van der Waals surface area contributed by atoms with E-state index in [9.17, 15) is 14.7 Å². The Morgan fingerprint density at radius 1 is 0.872 bits per heavy atom. The lowest BCUT2D eigenvalue weighted by Gasteiger charge is -2.36. The number of methoxy groups -OCH3 is 1. The summed E-state index contributed by atoms with van der Waals surface area (Å²) < 4.78 is 23.6. The lowest BCUT2D eigenvalue weighted by Crippen LogP contribution is -2.38. The van der Waals surface area contributed by atoms with Crippen LogP contribution >= 0.6 is 11.8 Å². The zero-order valence-electron chi connectivity index (χ0n) is 26.5. The summed E-state index contributed by atoms with van der Waals surface area (Å²) in [5, 5.41) is 14.8. The molecule has 1 fully saturated rings. The Balaban J connectivity index is 1.31. The van der Waals surface area contributed by atoms with Crippen LogP contribution in [0.15, 0.2) is 102 Å². The van der Waals surface area contributed by atoms with Crippen LogP contribution in [0.2, 0.25) is 0 Å². The smallest absolute Gasteiger partial charge is 0.325 e. The van der Waals surface area contributed by atoms with Gasteiger partial charge in [-0.1, -0.05) is 72.8 Å². The third kappa shape index (κ3) is 9.59. The molecule has 1 aliphatic rings. The molecule has 47 heavy (non-hydrogen) atoms. The predicted molar refractivity (Wildman–Crippen MR) is 181 cm³/mol. The molecule has 0 aliphatic carbocycles. The number of thioether (sulfide) groups is 1. The summed E-state index contributed by atoms with van der Waals surface area (Å²) in [6.45, 7) is 2.07. The maximum absolute atomic E-state index is 12.2. The minimum Gasteiger partial charge on any atom is -0.496 e. The molecule has 4 aromatic carbocycles. The molecule has 0 saturated carbocycles. The zero-order valence-corrected chi connectivity index (χ0v) is 27.3. The molecule has 1 heterocycles. The standard InChI is InChI=1S/C37H40N2O7S/c1-3-44-35(41)22-39-37(42)38-21-26-8-6-9-28(18-26)29-10-7-11-30(19-29)36-45-31(24-47-34-13-5-4-12-32(34)43-2)20-33(46-36)27-16-14-25(23-40)15-17-27/h4-19,31,33,36,40H,3,20-24H2,1-2H3,(H2,38,39,42)/t31-,33+,36+/m1/s1. The van der Waals surface area contributed by atoms with Gasteiger partial charge in [0.25, 0.3) is 0 Å². The molecular weight excluding hydrogens is 616 g/mol. The number of urea groups is 1. The molecule has 2 amide bonds. The van der Waals surface area contributed by atoms with Crippen molar-refractivity contribution < 1.29 is 33.6 Å². The second-order valence-corrected chi connectivity index (χ2v) is 12.0. The molecular formula is C37H40N2O7S. The summed E-state index contributed by atoms with van der Waals surface area (Å²) in [6, 6.07) is 31.4. The van der Waals surface area contributed by atoms with E-state index in [1.165, 1.54) is 0 Å². The number of ether oxygens (including phenoxy) is 4. The first kappa shape index (κ1) is 34.0. The van der Waals surface area contributed by atoms with Gasteiger partial charge < -0.3 is 34.7 Å². The number of carbonyl (C=O) groups is 2. The van der Waals surface area contributed by atoms with Gasteiger partial charge in [0.2, 0.25) is 0 Å². The monoisotopic (exact) mass is 656 g/mol. The van der Waals surface area contributed by atoms with E-state index < -0.39 is 18.3 Å². The van der Waals surface area contributed by atoms with Gasteiger partial charge in [-0.15, -0.1) is 11.8 Å². The largest absolute Gasteiger partial charge is 0.496 e. The van der Waals surface area contributed by atoms with E-state index >= 15 is 0 Å². The van der Waals surface area contributed by atoms with Crippen LogP contribution in [-0.4, -0.2) is 49.2 Å². The van der Waals surface area contributed by atoms with Crippen molar-refractivity contribution in [2.75, 3.05) is 26.0 Å². The number of nitrogens with one attached hydrogen (secondary N) is 2. The highest BCUT2D eigenvalue weighted by Gasteiger charge is 2.32. The van der Waals surface area contributed by atoms with Gasteiger partial charge in [-0.25, -0.2) is 4.79 Å². The summed E-state index contributed by atoms with van der Waals surface area (Å²) in [5.41, 5.74) is 5.65. The molecule has 0 spiro atoms. The number of hydrogen-bond acceptors (Lipinski definition) is 8. The Kier molecular flexibility index (Phi) is 12.3. The molecule has 0 radical (unpaired) electrons. The first-order valence-electron chi connectivity index (χ1n) is 15.6. The Bertz CT molecular complexity index is 1630. The van der Waals surface area contributed by atoms with E-state index in [2.05, 4.69) is 22.8 Å². The number of aliphatic hydroxyl groups is 1. The average molecular weight is 657 g/mol. The Morgan fingerprint density at radius 2 is 1.64 bits per heavy atom. The number of benzene rings is 4. The summed E-state index contributed by atoms with van der Waals surface area (Å²) in [7, 11) is 1.68. The zero-order chi connectivity index (χ0) is 33.0. The van der Waals surface area contributed by atoms with Crippen LogP contribution in [-0.2, 0) is 32.2 Å². The molecule has 246 valence electrons. The van der Waals surface area contributed by atoms with E-state index in [1.807, 2.05) is 84.9 Å². The molecule has 9 nitrogen and oxygen atoms in total. The summed E-state index contributed by atoms with van der Waals surface area (Å²) in [6.07, 6.45) is -0.210. The first-order chi connectivity index (χ1) is 22.9. The average Bonchev–Trinajstić information content (AvgIpc) is 3.12. The number of carbonyl (C=O) groups excluding carboxylic acids is 2. The molecule has 10 heteroatoms. The second kappa shape index (κ2) is 17.0. The van der Waals surface area contributed by atoms with Crippen molar-refractivity contribution in [3.8, 4) is 16.9 Å². The van der Waals surface area contributed by atoms with Gasteiger partial charge in [0.1, 0.15) is 12.3 Å². The minimum absolute atomic E-state index is 0.0115. The SMILES string of the molecule is CCOC(=O)CNC(=O)NCc1cccc(-c2cccc([C@H]3O[C@@H](CSc4ccccc4OC)C[C@@H](c4ccc(CO)cc4)O3)c2)c1. The molecule has 3 atom stereocenters. The fraction of sp³-hybridized carbons (Fsp3) is 0.297. The molecule has 5 rings (SSSR count). The summed E-state index contributed by atoms with van der Waals surface area (Å²) in [5.74, 6) is 1.07. The normalized spacial score (nSPS) is 17.5. The van der Waals surface area contributed by atoms with Gasteiger partial charge in [0.15, 0.2) is 6.29 Å². The van der Waals surface area contributed by atoms with Gasteiger partial charge >= 0.3 is 12.0 Å². The predicted octanol–water partition coefficient (Wildman–Crippen LogP) is 6.55. The molecule has 1 aliphatic heterocycles. The highest BCUT2D eigenvalue weighted by molar-refractivity contribution is 7.99. The molecule has 0 unspecified atom stereocenters. The van der Waals surface area contributed by atoms with Crippen molar-refractivity contribution in [2.24, 2.45) is 0 Å². The summed E-state index contributed by atoms with van der Waals surface area (Å²) in [4.78, 5) is 24.7. The van der Waals surface area contributed by atoms with E-state index in [0.29, 0.717) is 18.7 Å². The highest BCUT2D eigenvalue weighted by Crippen LogP contribution is 2.41. The Labute approximate surface area is 279 Å². The molecule has 0 aromatic heterocycles.